The quantitative estimate of drug-likeness (QED) is 0.278. The molecule has 0 heterocycles. The normalized spacial score (nSPS) is 6.67. The molecule has 0 fully saturated rings. The van der Waals surface area contributed by atoms with Gasteiger partial charge >= 0.3 is 23.9 Å². The molecule has 0 aliphatic carbocycles. The Hall–Kier alpha value is -1.93. The maximum absolute atomic E-state index is 9.64. The van der Waals surface area contributed by atoms with Gasteiger partial charge in [-0.1, -0.05) is 0 Å². The van der Waals surface area contributed by atoms with Gasteiger partial charge in [0.1, 0.15) is 0 Å². The zero-order valence-electron chi connectivity index (χ0n) is 11.1. The van der Waals surface area contributed by atoms with Gasteiger partial charge in [0.2, 0.25) is 0 Å². The molecule has 0 aromatic rings. The predicted octanol–water partition coefficient (Wildman–Crippen LogP) is -0.186. The van der Waals surface area contributed by atoms with Crippen LogP contribution in [0.1, 0.15) is 25.7 Å². The largest absolute Gasteiger partial charge is 0.481 e. The third-order valence-electron chi connectivity index (χ3n) is 1.11. The number of carboxylic acid groups (broad SMARTS) is 4. The van der Waals surface area contributed by atoms with E-state index in [1.54, 1.807) is 0 Å². The van der Waals surface area contributed by atoms with Crippen molar-refractivity contribution in [2.45, 2.75) is 25.7 Å². The molecule has 0 atom stereocenters. The first-order valence-corrected chi connectivity index (χ1v) is 4.63. The van der Waals surface area contributed by atoms with Crippen molar-refractivity contribution in [3.8, 4) is 0 Å². The van der Waals surface area contributed by atoms with Crippen molar-refractivity contribution in [3.63, 3.8) is 0 Å². The van der Waals surface area contributed by atoms with E-state index in [1.165, 1.54) is 0 Å². The molecule has 0 unspecified atom stereocenters. The second-order valence-corrected chi connectivity index (χ2v) is 2.57. The van der Waals surface area contributed by atoms with E-state index < -0.39 is 23.9 Å². The lowest BCUT2D eigenvalue weighted by atomic mass is 10.3. The predicted molar refractivity (Wildman–Crippen MR) is 80.2 cm³/mol. The van der Waals surface area contributed by atoms with Crippen LogP contribution in [0, 0.1) is 0 Å². The highest BCUT2D eigenvalue weighted by molar-refractivity contribution is 5.76. The molecule has 0 radical (unpaired) electrons. The maximum atomic E-state index is 9.64. The van der Waals surface area contributed by atoms with Gasteiger partial charge in [-0.3, -0.25) is 19.2 Å². The van der Waals surface area contributed by atoms with Crippen molar-refractivity contribution in [1.29, 1.82) is 0 Å². The van der Waals surface area contributed by atoms with E-state index in [2.05, 4.69) is 13.2 Å². The van der Waals surface area contributed by atoms with Gasteiger partial charge in [-0.05, 0) is 0 Å². The number of carbonyl (C=O) groups is 4. The summed E-state index contributed by atoms with van der Waals surface area (Å²) in [7, 11) is 0. The van der Waals surface area contributed by atoms with Crippen molar-refractivity contribution in [2.75, 3.05) is 0 Å². The fourth-order valence-electron chi connectivity index (χ4n) is 0.428. The SMILES string of the molecule is C=C.N.N.O=C(O)CCC(=O)O.O=C(O)CCC(=O)O.[AlH3]. The number of hydrogen-bond donors (Lipinski definition) is 6. The molecule has 0 saturated carbocycles. The number of aliphatic carboxylic acids is 4. The van der Waals surface area contributed by atoms with Crippen molar-refractivity contribution in [2.24, 2.45) is 0 Å². The molecule has 0 bridgehead atoms. The summed E-state index contributed by atoms with van der Waals surface area (Å²) in [5.74, 6) is -4.31. The van der Waals surface area contributed by atoms with Crippen LogP contribution < -0.4 is 12.3 Å². The molecule has 10 nitrogen and oxygen atoms in total. The van der Waals surface area contributed by atoms with Gasteiger partial charge < -0.3 is 32.7 Å². The Morgan fingerprint density at radius 1 is 0.571 bits per heavy atom. The van der Waals surface area contributed by atoms with Crippen molar-refractivity contribution in [1.82, 2.24) is 12.3 Å². The summed E-state index contributed by atoms with van der Waals surface area (Å²) in [6.07, 6.45) is -1.19. The summed E-state index contributed by atoms with van der Waals surface area (Å²) in [4.78, 5) is 38.6. The minimum absolute atomic E-state index is 0. The third kappa shape index (κ3) is 71.6. The van der Waals surface area contributed by atoms with Gasteiger partial charge in [0.15, 0.2) is 17.4 Å². The Kier molecular flexibility index (Phi) is 46.2. The highest BCUT2D eigenvalue weighted by Crippen LogP contribution is 1.86. The standard InChI is InChI=1S/2C4H6O4.C2H4.Al.2H3N.3H/c2*5-3(6)1-2-4(7)8;1-2;;;;;;/h2*1-2H2,(H,5,6)(H,7,8);1-2H2;;2*1H3;;;. The number of hydrogen-bond acceptors (Lipinski definition) is 6. The van der Waals surface area contributed by atoms with Gasteiger partial charge in [-0.2, -0.15) is 0 Å². The Balaban J connectivity index is -0.0000000424. The second-order valence-electron chi connectivity index (χ2n) is 2.57. The summed E-state index contributed by atoms with van der Waals surface area (Å²) in [5, 5.41) is 31.6. The highest BCUT2D eigenvalue weighted by atomic mass is 27.0. The summed E-state index contributed by atoms with van der Waals surface area (Å²) >= 11 is 0. The molecule has 0 spiro atoms. The lowest BCUT2D eigenvalue weighted by Gasteiger charge is -1.85. The van der Waals surface area contributed by atoms with Crippen molar-refractivity contribution >= 4 is 41.2 Å². The van der Waals surface area contributed by atoms with Gasteiger partial charge in [0, 0.05) is 0 Å². The number of rotatable bonds is 6. The van der Waals surface area contributed by atoms with E-state index in [4.69, 9.17) is 20.4 Å². The first-order chi connectivity index (χ1) is 8.25. The van der Waals surface area contributed by atoms with Crippen LogP contribution in [0.25, 0.3) is 0 Å². The van der Waals surface area contributed by atoms with Gasteiger partial charge in [-0.15, -0.1) is 13.2 Å². The van der Waals surface area contributed by atoms with E-state index in [0.717, 1.165) is 0 Å². The number of carboxylic acids is 4. The third-order valence-corrected chi connectivity index (χ3v) is 1.11. The maximum Gasteiger partial charge on any atom is 0.303 e. The Labute approximate surface area is 132 Å². The lowest BCUT2D eigenvalue weighted by Crippen LogP contribution is -2.00. The first kappa shape index (κ1) is 36.5. The minimum Gasteiger partial charge on any atom is -0.481 e. The monoisotopic (exact) mass is 328 g/mol. The molecule has 21 heavy (non-hydrogen) atoms. The zero-order valence-corrected chi connectivity index (χ0v) is 11.1. The zero-order chi connectivity index (χ0) is 15.1. The van der Waals surface area contributed by atoms with Crippen molar-refractivity contribution < 1.29 is 39.6 Å². The Morgan fingerprint density at radius 2 is 0.667 bits per heavy atom. The van der Waals surface area contributed by atoms with Gasteiger partial charge in [0.05, 0.1) is 25.7 Å². The average molecular weight is 328 g/mol. The van der Waals surface area contributed by atoms with Crippen LogP contribution >= 0.6 is 0 Å². The van der Waals surface area contributed by atoms with E-state index >= 15 is 0 Å². The van der Waals surface area contributed by atoms with Crippen LogP contribution in [0.15, 0.2) is 13.2 Å². The van der Waals surface area contributed by atoms with Crippen molar-refractivity contribution in [3.05, 3.63) is 13.2 Å². The van der Waals surface area contributed by atoms with Crippen LogP contribution in [-0.2, 0) is 19.2 Å². The van der Waals surface area contributed by atoms with Crippen LogP contribution in [0.4, 0.5) is 0 Å². The summed E-state index contributed by atoms with van der Waals surface area (Å²) in [6, 6.07) is 0. The second kappa shape index (κ2) is 26.6. The van der Waals surface area contributed by atoms with E-state index in [1.807, 2.05) is 0 Å². The molecule has 0 aromatic heterocycles. The average Bonchev–Trinajstić information content (AvgIpc) is 2.27. The molecule has 0 aliphatic rings. The molecule has 0 saturated heterocycles. The Bertz CT molecular complexity index is 243. The molecular formula is C10H25AlN2O8. The lowest BCUT2D eigenvalue weighted by molar-refractivity contribution is -0.143. The first-order valence-electron chi connectivity index (χ1n) is 4.63. The van der Waals surface area contributed by atoms with E-state index in [-0.39, 0.29) is 55.3 Å². The van der Waals surface area contributed by atoms with Crippen LogP contribution in [0.3, 0.4) is 0 Å². The molecule has 11 heteroatoms. The van der Waals surface area contributed by atoms with Crippen LogP contribution in [0.5, 0.6) is 0 Å². The molecule has 0 aliphatic heterocycles. The molecule has 0 rings (SSSR count). The molecule has 10 N–H and O–H groups in total. The summed E-state index contributed by atoms with van der Waals surface area (Å²) < 4.78 is 0. The molecule has 0 aromatic carbocycles. The molecule has 0 amide bonds. The van der Waals surface area contributed by atoms with Gasteiger partial charge in [0.25, 0.3) is 0 Å². The Morgan fingerprint density at radius 3 is 0.714 bits per heavy atom. The van der Waals surface area contributed by atoms with Gasteiger partial charge in [-0.25, -0.2) is 0 Å². The molecular weight excluding hydrogens is 303 g/mol. The van der Waals surface area contributed by atoms with Crippen LogP contribution in [0.2, 0.25) is 0 Å². The van der Waals surface area contributed by atoms with Crippen LogP contribution in [-0.4, -0.2) is 61.7 Å². The summed E-state index contributed by atoms with van der Waals surface area (Å²) in [6.45, 7) is 6.00. The van der Waals surface area contributed by atoms with E-state index in [0.29, 0.717) is 0 Å². The molecule has 126 valence electrons. The minimum atomic E-state index is -1.08. The topological polar surface area (TPSA) is 219 Å². The smallest absolute Gasteiger partial charge is 0.303 e. The summed E-state index contributed by atoms with van der Waals surface area (Å²) in [5.41, 5.74) is 0. The highest BCUT2D eigenvalue weighted by Gasteiger charge is 2.00. The fourth-order valence-corrected chi connectivity index (χ4v) is 0.428. The fraction of sp³-hybridized carbons (Fsp3) is 0.400. The van der Waals surface area contributed by atoms with E-state index in [9.17, 15) is 19.2 Å².